The quantitative estimate of drug-likeness (QED) is 0.500. The van der Waals surface area contributed by atoms with Crippen LogP contribution in [0.4, 0.5) is 0 Å². The van der Waals surface area contributed by atoms with Crippen molar-refractivity contribution in [3.8, 4) is 0 Å². The highest BCUT2D eigenvalue weighted by molar-refractivity contribution is 5.92. The van der Waals surface area contributed by atoms with Gasteiger partial charge in [-0.05, 0) is 38.2 Å². The average molecular weight is 388 g/mol. The average Bonchev–Trinajstić information content (AvgIpc) is 2.93. The number of hydrogen-bond donors (Lipinski definition) is 0. The lowest BCUT2D eigenvalue weighted by molar-refractivity contribution is -0.150. The zero-order chi connectivity index (χ0) is 20.2. The van der Waals surface area contributed by atoms with E-state index in [-0.39, 0.29) is 0 Å². The second kappa shape index (κ2) is 8.45. The van der Waals surface area contributed by atoms with Crippen LogP contribution < -0.4 is 0 Å². The van der Waals surface area contributed by atoms with Crippen molar-refractivity contribution in [3.05, 3.63) is 47.2 Å². The van der Waals surface area contributed by atoms with Gasteiger partial charge in [-0.1, -0.05) is 30.3 Å². The molecule has 2 bridgehead atoms. The first-order valence-corrected chi connectivity index (χ1v) is 9.70. The summed E-state index contributed by atoms with van der Waals surface area (Å²) in [5.41, 5.74) is 0.243. The monoisotopic (exact) mass is 388 g/mol. The van der Waals surface area contributed by atoms with E-state index in [1.165, 1.54) is 14.0 Å². The molecule has 0 N–H and O–H groups in total. The van der Waals surface area contributed by atoms with Crippen LogP contribution in [-0.4, -0.2) is 36.9 Å². The van der Waals surface area contributed by atoms with Crippen molar-refractivity contribution in [1.29, 1.82) is 0 Å². The number of rotatable bonds is 8. The van der Waals surface area contributed by atoms with Crippen molar-refractivity contribution in [2.75, 3.05) is 13.7 Å². The number of fused-ring (bicyclic) bond motifs is 2. The summed E-state index contributed by atoms with van der Waals surface area (Å²) < 4.78 is 22.6. The zero-order valence-corrected chi connectivity index (χ0v) is 16.8. The van der Waals surface area contributed by atoms with E-state index in [2.05, 4.69) is 0 Å². The first-order valence-electron chi connectivity index (χ1n) is 9.70. The van der Waals surface area contributed by atoms with Gasteiger partial charge < -0.3 is 18.9 Å². The molecule has 2 aliphatic rings. The van der Waals surface area contributed by atoms with Gasteiger partial charge in [0.15, 0.2) is 0 Å². The Labute approximate surface area is 165 Å². The molecule has 1 fully saturated rings. The van der Waals surface area contributed by atoms with Gasteiger partial charge in [0.2, 0.25) is 0 Å². The van der Waals surface area contributed by atoms with Crippen LogP contribution >= 0.6 is 0 Å². The molecule has 0 unspecified atom stereocenters. The highest BCUT2D eigenvalue weighted by Crippen LogP contribution is 2.53. The molecule has 1 aromatic rings. The summed E-state index contributed by atoms with van der Waals surface area (Å²) in [6.45, 7) is 4.43. The molecule has 28 heavy (non-hydrogen) atoms. The van der Waals surface area contributed by atoms with Crippen molar-refractivity contribution >= 4 is 11.9 Å². The Kier molecular flexibility index (Phi) is 6.20. The second-order valence-corrected chi connectivity index (χ2v) is 7.75. The summed E-state index contributed by atoms with van der Waals surface area (Å²) in [4.78, 5) is 24.1. The number of methoxy groups -OCH3 is 1. The molecule has 0 radical (unpaired) electrons. The molecular formula is C22H28O6. The summed E-state index contributed by atoms with van der Waals surface area (Å²) in [5.74, 6) is -0.552. The van der Waals surface area contributed by atoms with Crippen LogP contribution in [0.3, 0.4) is 0 Å². The van der Waals surface area contributed by atoms with Crippen LogP contribution in [0, 0.1) is 0 Å². The minimum absolute atomic E-state index is 0.350. The maximum Gasteiger partial charge on any atom is 0.340 e. The summed E-state index contributed by atoms with van der Waals surface area (Å²) >= 11 is 0. The number of esters is 2. The molecule has 6 heteroatoms. The Hall–Kier alpha value is -2.18. The van der Waals surface area contributed by atoms with E-state index in [1.54, 1.807) is 0 Å². The Balaban J connectivity index is 1.70. The number of hydrogen-bond acceptors (Lipinski definition) is 6. The summed E-state index contributed by atoms with van der Waals surface area (Å²) in [7, 11) is 1.33. The topological polar surface area (TPSA) is 71.1 Å². The van der Waals surface area contributed by atoms with Crippen molar-refractivity contribution in [1.82, 2.24) is 0 Å². The maximum atomic E-state index is 12.5. The van der Waals surface area contributed by atoms with Crippen LogP contribution in [-0.2, 0) is 35.1 Å². The first kappa shape index (κ1) is 20.6. The molecule has 152 valence electrons. The minimum atomic E-state index is -0.791. The van der Waals surface area contributed by atoms with Gasteiger partial charge in [-0.25, -0.2) is 4.79 Å². The van der Waals surface area contributed by atoms with Crippen LogP contribution in [0.5, 0.6) is 0 Å². The predicted molar refractivity (Wildman–Crippen MR) is 102 cm³/mol. The van der Waals surface area contributed by atoms with Gasteiger partial charge in [-0.3, -0.25) is 4.79 Å². The molecule has 0 saturated carbocycles. The normalized spacial score (nSPS) is 26.2. The SMILES string of the molecule is COC(=O)C1=C(OC(C)=O)C[C@@]2(C)CC[C@]1(CCCOCc1ccccc1)O2. The second-order valence-electron chi connectivity index (χ2n) is 7.75. The summed E-state index contributed by atoms with van der Waals surface area (Å²) in [5, 5.41) is 0. The van der Waals surface area contributed by atoms with Crippen LogP contribution in [0.15, 0.2) is 41.7 Å². The fourth-order valence-corrected chi connectivity index (χ4v) is 4.21. The van der Waals surface area contributed by atoms with Crippen molar-refractivity contribution in [2.24, 2.45) is 0 Å². The Bertz CT molecular complexity index is 756. The molecular weight excluding hydrogens is 360 g/mol. The molecule has 0 amide bonds. The molecule has 1 aromatic carbocycles. The fourth-order valence-electron chi connectivity index (χ4n) is 4.21. The van der Waals surface area contributed by atoms with Crippen LogP contribution in [0.1, 0.15) is 51.5 Å². The van der Waals surface area contributed by atoms with Crippen LogP contribution in [0.25, 0.3) is 0 Å². The van der Waals surface area contributed by atoms with Gasteiger partial charge in [-0.2, -0.15) is 0 Å². The van der Waals surface area contributed by atoms with E-state index < -0.39 is 23.1 Å². The highest BCUT2D eigenvalue weighted by atomic mass is 16.6. The van der Waals surface area contributed by atoms with Crippen molar-refractivity contribution < 1.29 is 28.5 Å². The van der Waals surface area contributed by atoms with E-state index >= 15 is 0 Å². The smallest absolute Gasteiger partial charge is 0.340 e. The molecule has 1 saturated heterocycles. The van der Waals surface area contributed by atoms with E-state index in [4.69, 9.17) is 18.9 Å². The molecule has 2 aliphatic heterocycles. The largest absolute Gasteiger partial charge is 0.465 e. The summed E-state index contributed by atoms with van der Waals surface area (Å²) in [6.07, 6.45) is 3.20. The van der Waals surface area contributed by atoms with Gasteiger partial charge in [0.05, 0.1) is 19.3 Å². The van der Waals surface area contributed by atoms with E-state index in [0.717, 1.165) is 18.4 Å². The number of carbonyl (C=O) groups excluding carboxylic acids is 2. The highest BCUT2D eigenvalue weighted by Gasteiger charge is 2.56. The van der Waals surface area contributed by atoms with Crippen molar-refractivity contribution in [2.45, 2.75) is 63.8 Å². The minimum Gasteiger partial charge on any atom is -0.465 e. The third-order valence-electron chi connectivity index (χ3n) is 5.41. The predicted octanol–water partition coefficient (Wildman–Crippen LogP) is 3.69. The summed E-state index contributed by atoms with van der Waals surface area (Å²) in [6, 6.07) is 9.99. The van der Waals surface area contributed by atoms with Gasteiger partial charge >= 0.3 is 11.9 Å². The maximum absolute atomic E-state index is 12.5. The van der Waals surface area contributed by atoms with E-state index in [0.29, 0.717) is 43.8 Å². The zero-order valence-electron chi connectivity index (χ0n) is 16.8. The number of benzene rings is 1. The third-order valence-corrected chi connectivity index (χ3v) is 5.41. The number of carbonyl (C=O) groups is 2. The Morgan fingerprint density at radius 3 is 2.61 bits per heavy atom. The third kappa shape index (κ3) is 4.45. The van der Waals surface area contributed by atoms with E-state index in [1.807, 2.05) is 37.3 Å². The fraction of sp³-hybridized carbons (Fsp3) is 0.545. The lowest BCUT2D eigenvalue weighted by atomic mass is 9.85. The molecule has 0 spiro atoms. The Morgan fingerprint density at radius 1 is 1.18 bits per heavy atom. The molecule has 6 nitrogen and oxygen atoms in total. The lowest BCUT2D eigenvalue weighted by Gasteiger charge is -2.39. The van der Waals surface area contributed by atoms with Gasteiger partial charge in [-0.15, -0.1) is 0 Å². The lowest BCUT2D eigenvalue weighted by Crippen LogP contribution is -2.44. The van der Waals surface area contributed by atoms with Gasteiger partial charge in [0.1, 0.15) is 16.9 Å². The van der Waals surface area contributed by atoms with Gasteiger partial charge in [0, 0.05) is 20.0 Å². The van der Waals surface area contributed by atoms with E-state index in [9.17, 15) is 9.59 Å². The molecule has 0 aromatic heterocycles. The molecule has 3 rings (SSSR count). The molecule has 0 aliphatic carbocycles. The van der Waals surface area contributed by atoms with Crippen molar-refractivity contribution in [3.63, 3.8) is 0 Å². The molecule has 2 heterocycles. The van der Waals surface area contributed by atoms with Gasteiger partial charge in [0.25, 0.3) is 0 Å². The standard InChI is InChI=1S/C22H28O6/c1-16(23)27-18-14-21(2)11-12-22(28-21,19(18)20(24)25-3)10-7-13-26-15-17-8-5-4-6-9-17/h4-6,8-9H,7,10-15H2,1-3H3/t21-,22+/m1/s1. The molecule has 2 atom stereocenters. The first-order chi connectivity index (χ1) is 13.4. The Morgan fingerprint density at radius 2 is 1.93 bits per heavy atom. The van der Waals surface area contributed by atoms with Crippen LogP contribution in [0.2, 0.25) is 0 Å². The number of ether oxygens (including phenoxy) is 4.